The maximum Gasteiger partial charge on any atom is 0.277 e. The Kier molecular flexibility index (Phi) is 8.02. The highest BCUT2D eigenvalue weighted by Gasteiger charge is 2.05. The van der Waals surface area contributed by atoms with E-state index in [1.165, 1.54) is 6.21 Å². The van der Waals surface area contributed by atoms with Gasteiger partial charge in [0.1, 0.15) is 11.5 Å². The normalized spacial score (nSPS) is 10.5. The van der Waals surface area contributed by atoms with Crippen molar-refractivity contribution in [3.05, 3.63) is 89.4 Å². The number of carbonyl (C=O) groups is 2. The second kappa shape index (κ2) is 11.4. The van der Waals surface area contributed by atoms with Gasteiger partial charge in [0.15, 0.2) is 13.2 Å². The average Bonchev–Trinajstić information content (AvgIpc) is 2.79. The van der Waals surface area contributed by atoms with Crippen LogP contribution in [0.2, 0.25) is 5.02 Å². The maximum atomic E-state index is 11.9. The van der Waals surface area contributed by atoms with E-state index in [1.54, 1.807) is 60.7 Å². The Labute approximate surface area is 184 Å². The SMILES string of the molecule is O=C(COc1ccccc1Cl)N/N=C\c1ccc(OCC(=O)Nc2ccccc2)cc1. The zero-order valence-corrected chi connectivity index (χ0v) is 17.2. The lowest BCUT2D eigenvalue weighted by Crippen LogP contribution is -2.24. The Balaban J connectivity index is 1.39. The molecule has 0 saturated heterocycles. The molecule has 0 atom stereocenters. The van der Waals surface area contributed by atoms with E-state index in [0.717, 1.165) is 5.56 Å². The number of nitrogens with zero attached hydrogens (tertiary/aromatic N) is 1. The summed E-state index contributed by atoms with van der Waals surface area (Å²) in [5, 5.41) is 7.06. The van der Waals surface area contributed by atoms with Crippen LogP contribution in [0.25, 0.3) is 0 Å². The number of hydrogen-bond acceptors (Lipinski definition) is 5. The van der Waals surface area contributed by atoms with Crippen LogP contribution in [-0.4, -0.2) is 31.2 Å². The third-order valence-electron chi connectivity index (χ3n) is 3.91. The van der Waals surface area contributed by atoms with Crippen LogP contribution in [0.4, 0.5) is 5.69 Å². The molecule has 7 nitrogen and oxygen atoms in total. The second-order valence-electron chi connectivity index (χ2n) is 6.28. The molecule has 0 unspecified atom stereocenters. The summed E-state index contributed by atoms with van der Waals surface area (Å²) in [5.74, 6) is 0.299. The number of carbonyl (C=O) groups excluding carboxylic acids is 2. The van der Waals surface area contributed by atoms with Gasteiger partial charge in [-0.3, -0.25) is 9.59 Å². The fraction of sp³-hybridized carbons (Fsp3) is 0.0870. The van der Waals surface area contributed by atoms with Crippen molar-refractivity contribution in [2.45, 2.75) is 0 Å². The van der Waals surface area contributed by atoms with Crippen LogP contribution < -0.4 is 20.2 Å². The fourth-order valence-electron chi connectivity index (χ4n) is 2.43. The molecular weight excluding hydrogens is 418 g/mol. The fourth-order valence-corrected chi connectivity index (χ4v) is 2.62. The quantitative estimate of drug-likeness (QED) is 0.392. The van der Waals surface area contributed by atoms with E-state index in [1.807, 2.05) is 18.2 Å². The smallest absolute Gasteiger partial charge is 0.277 e. The van der Waals surface area contributed by atoms with E-state index in [2.05, 4.69) is 15.8 Å². The minimum Gasteiger partial charge on any atom is -0.484 e. The number of para-hydroxylation sites is 2. The van der Waals surface area contributed by atoms with Crippen LogP contribution in [0.3, 0.4) is 0 Å². The maximum absolute atomic E-state index is 11.9. The number of halogens is 1. The zero-order valence-electron chi connectivity index (χ0n) is 16.5. The average molecular weight is 438 g/mol. The molecule has 3 rings (SSSR count). The molecule has 2 N–H and O–H groups in total. The number of rotatable bonds is 9. The van der Waals surface area contributed by atoms with Crippen molar-refractivity contribution in [3.8, 4) is 11.5 Å². The van der Waals surface area contributed by atoms with E-state index >= 15 is 0 Å². The van der Waals surface area contributed by atoms with Crippen molar-refractivity contribution in [3.63, 3.8) is 0 Å². The van der Waals surface area contributed by atoms with Crippen LogP contribution >= 0.6 is 11.6 Å². The highest BCUT2D eigenvalue weighted by Crippen LogP contribution is 2.22. The lowest BCUT2D eigenvalue weighted by Gasteiger charge is -2.07. The summed E-state index contributed by atoms with van der Waals surface area (Å²) in [6.07, 6.45) is 1.49. The molecule has 8 heteroatoms. The Morgan fingerprint density at radius 3 is 2.26 bits per heavy atom. The van der Waals surface area contributed by atoms with Crippen molar-refractivity contribution >= 4 is 35.3 Å². The molecule has 0 aliphatic rings. The summed E-state index contributed by atoms with van der Waals surface area (Å²) in [6.45, 7) is -0.317. The number of hydrazone groups is 1. The van der Waals surface area contributed by atoms with Crippen LogP contribution in [0.5, 0.6) is 11.5 Å². The van der Waals surface area contributed by atoms with Gasteiger partial charge in [-0.25, -0.2) is 5.43 Å². The first kappa shape index (κ1) is 21.9. The second-order valence-corrected chi connectivity index (χ2v) is 6.69. The first-order valence-corrected chi connectivity index (χ1v) is 9.75. The van der Waals surface area contributed by atoms with Crippen molar-refractivity contribution in [2.24, 2.45) is 5.10 Å². The topological polar surface area (TPSA) is 89.0 Å². The van der Waals surface area contributed by atoms with Crippen molar-refractivity contribution in [1.29, 1.82) is 0 Å². The minimum atomic E-state index is -0.416. The molecule has 2 amide bonds. The molecular formula is C23H20ClN3O4. The molecule has 0 radical (unpaired) electrons. The number of nitrogens with one attached hydrogen (secondary N) is 2. The van der Waals surface area contributed by atoms with Gasteiger partial charge in [-0.2, -0.15) is 5.10 Å². The van der Waals surface area contributed by atoms with E-state index in [4.69, 9.17) is 21.1 Å². The predicted octanol–water partition coefficient (Wildman–Crippen LogP) is 3.89. The first-order chi connectivity index (χ1) is 15.1. The van der Waals surface area contributed by atoms with Gasteiger partial charge in [-0.1, -0.05) is 41.9 Å². The largest absolute Gasteiger partial charge is 0.484 e. The Morgan fingerprint density at radius 1 is 0.839 bits per heavy atom. The summed E-state index contributed by atoms with van der Waals surface area (Å²) < 4.78 is 10.8. The molecule has 31 heavy (non-hydrogen) atoms. The third kappa shape index (κ3) is 7.49. The summed E-state index contributed by atoms with van der Waals surface area (Å²) in [5.41, 5.74) is 3.83. The summed E-state index contributed by atoms with van der Waals surface area (Å²) >= 11 is 5.96. The molecule has 0 saturated carbocycles. The molecule has 0 spiro atoms. The van der Waals surface area contributed by atoms with E-state index in [-0.39, 0.29) is 19.1 Å². The van der Waals surface area contributed by atoms with Crippen LogP contribution in [0.1, 0.15) is 5.56 Å². The van der Waals surface area contributed by atoms with Crippen LogP contribution in [-0.2, 0) is 9.59 Å². The van der Waals surface area contributed by atoms with Crippen LogP contribution in [0.15, 0.2) is 84.0 Å². The van der Waals surface area contributed by atoms with Gasteiger partial charge in [-0.15, -0.1) is 0 Å². The standard InChI is InChI=1S/C23H20ClN3O4/c24-20-8-4-5-9-21(20)31-16-23(29)27-25-14-17-10-12-19(13-11-17)30-15-22(28)26-18-6-2-1-3-7-18/h1-14H,15-16H2,(H,26,28)(H,27,29)/b25-14-. The Morgan fingerprint density at radius 2 is 1.52 bits per heavy atom. The van der Waals surface area contributed by atoms with Gasteiger partial charge in [0.2, 0.25) is 0 Å². The lowest BCUT2D eigenvalue weighted by molar-refractivity contribution is -0.123. The summed E-state index contributed by atoms with van der Waals surface area (Å²) in [4.78, 5) is 23.7. The van der Waals surface area contributed by atoms with Crippen molar-refractivity contribution < 1.29 is 19.1 Å². The number of amides is 2. The lowest BCUT2D eigenvalue weighted by atomic mass is 10.2. The molecule has 0 fully saturated rings. The van der Waals surface area contributed by atoms with Crippen molar-refractivity contribution in [2.75, 3.05) is 18.5 Å². The Hall–Kier alpha value is -3.84. The minimum absolute atomic E-state index is 0.107. The highest BCUT2D eigenvalue weighted by atomic mass is 35.5. The third-order valence-corrected chi connectivity index (χ3v) is 4.22. The van der Waals surface area contributed by atoms with Gasteiger partial charge < -0.3 is 14.8 Å². The molecule has 158 valence electrons. The summed E-state index contributed by atoms with van der Waals surface area (Å²) in [7, 11) is 0. The van der Waals surface area contributed by atoms with Gasteiger partial charge in [0, 0.05) is 5.69 Å². The van der Waals surface area contributed by atoms with Crippen LogP contribution in [0, 0.1) is 0 Å². The van der Waals surface area contributed by atoms with Crippen molar-refractivity contribution in [1.82, 2.24) is 5.43 Å². The van der Waals surface area contributed by atoms with Gasteiger partial charge in [0.05, 0.1) is 11.2 Å². The van der Waals surface area contributed by atoms with E-state index in [0.29, 0.717) is 22.2 Å². The number of hydrogen-bond donors (Lipinski definition) is 2. The van der Waals surface area contributed by atoms with Gasteiger partial charge >= 0.3 is 0 Å². The van der Waals surface area contributed by atoms with Gasteiger partial charge in [-0.05, 0) is 54.1 Å². The number of ether oxygens (including phenoxy) is 2. The number of anilines is 1. The highest BCUT2D eigenvalue weighted by molar-refractivity contribution is 6.32. The Bertz CT molecular complexity index is 1040. The molecule has 3 aromatic rings. The molecule has 0 aliphatic heterocycles. The summed E-state index contributed by atoms with van der Waals surface area (Å²) in [6, 6.07) is 23.0. The van der Waals surface area contributed by atoms with E-state index < -0.39 is 5.91 Å². The molecule has 0 aliphatic carbocycles. The number of benzene rings is 3. The van der Waals surface area contributed by atoms with Gasteiger partial charge in [0.25, 0.3) is 11.8 Å². The molecule has 0 aromatic heterocycles. The zero-order chi connectivity index (χ0) is 21.9. The predicted molar refractivity (Wildman–Crippen MR) is 120 cm³/mol. The molecule has 0 heterocycles. The monoisotopic (exact) mass is 437 g/mol. The van der Waals surface area contributed by atoms with E-state index in [9.17, 15) is 9.59 Å². The molecule has 0 bridgehead atoms. The molecule has 3 aromatic carbocycles. The first-order valence-electron chi connectivity index (χ1n) is 9.37.